The van der Waals surface area contributed by atoms with Crippen LogP contribution in [0.25, 0.3) is 0 Å². The molecule has 140 valence electrons. The highest BCUT2D eigenvalue weighted by molar-refractivity contribution is 7.48. The van der Waals surface area contributed by atoms with Crippen LogP contribution in [0, 0.1) is 0 Å². The first-order chi connectivity index (χ1) is 11.4. The molecular formula is C20H29MgO4P. The average Bonchev–Trinajstić information content (AvgIpc) is 2.45. The highest BCUT2D eigenvalue weighted by atomic mass is 31.2. The molecule has 0 amide bonds. The quantitative estimate of drug-likeness (QED) is 0.596. The van der Waals surface area contributed by atoms with Crippen LogP contribution in [-0.2, 0) is 15.4 Å². The van der Waals surface area contributed by atoms with Crippen molar-refractivity contribution in [3.63, 3.8) is 0 Å². The summed E-state index contributed by atoms with van der Waals surface area (Å²) in [5, 5.41) is 0. The van der Waals surface area contributed by atoms with Gasteiger partial charge in [0.05, 0.1) is 0 Å². The third kappa shape index (κ3) is 6.62. The first-order valence-electron chi connectivity index (χ1n) is 8.30. The summed E-state index contributed by atoms with van der Waals surface area (Å²) in [6.45, 7) is 12.6. The van der Waals surface area contributed by atoms with Gasteiger partial charge in [-0.05, 0) is 46.2 Å². The molecule has 0 aromatic heterocycles. The largest absolute Gasteiger partial charge is 0.584 e. The average molecular weight is 389 g/mol. The van der Waals surface area contributed by atoms with Crippen LogP contribution in [-0.4, -0.2) is 27.9 Å². The standard InChI is InChI=1S/C20H27O4P.Mg.2H/c1-19(2,3)15-7-11-17(12-8-15)23-25(21,22)24-18-13-9-16(10-14-18)20(4,5)6;;;/h7-14H,1-6H3,(H,21,22);;;. The Bertz CT molecular complexity index is 693. The lowest BCUT2D eigenvalue weighted by atomic mass is 9.87. The van der Waals surface area contributed by atoms with Crippen LogP contribution < -0.4 is 9.05 Å². The molecule has 0 saturated heterocycles. The molecule has 0 aliphatic rings. The number of hydrogen-bond donors (Lipinski definition) is 1. The molecule has 2 aromatic carbocycles. The van der Waals surface area contributed by atoms with E-state index in [0.29, 0.717) is 11.5 Å². The van der Waals surface area contributed by atoms with Gasteiger partial charge in [0.15, 0.2) is 0 Å². The van der Waals surface area contributed by atoms with Crippen molar-refractivity contribution < 1.29 is 18.5 Å². The zero-order valence-corrected chi connectivity index (χ0v) is 16.6. The van der Waals surface area contributed by atoms with E-state index < -0.39 is 7.82 Å². The second-order valence-corrected chi connectivity index (χ2v) is 9.50. The molecule has 4 nitrogen and oxygen atoms in total. The molecule has 0 aliphatic carbocycles. The summed E-state index contributed by atoms with van der Waals surface area (Å²) in [6.07, 6.45) is 0. The van der Waals surface area contributed by atoms with E-state index in [9.17, 15) is 9.46 Å². The van der Waals surface area contributed by atoms with E-state index in [2.05, 4.69) is 41.5 Å². The zero-order valence-electron chi connectivity index (χ0n) is 15.7. The Morgan fingerprint density at radius 1 is 0.692 bits per heavy atom. The van der Waals surface area contributed by atoms with E-state index in [-0.39, 0.29) is 33.9 Å². The monoisotopic (exact) mass is 388 g/mol. The molecule has 2 aromatic rings. The summed E-state index contributed by atoms with van der Waals surface area (Å²) >= 11 is 0. The van der Waals surface area contributed by atoms with Gasteiger partial charge in [-0.1, -0.05) is 65.8 Å². The number of phosphoric acid groups is 1. The van der Waals surface area contributed by atoms with Gasteiger partial charge >= 0.3 is 30.9 Å². The smallest absolute Gasteiger partial charge is 0.395 e. The summed E-state index contributed by atoms with van der Waals surface area (Å²) in [5.41, 5.74) is 2.25. The Morgan fingerprint density at radius 2 is 0.962 bits per heavy atom. The van der Waals surface area contributed by atoms with E-state index in [0.717, 1.165) is 11.1 Å². The molecule has 0 saturated carbocycles. The fourth-order valence-electron chi connectivity index (χ4n) is 2.32. The lowest BCUT2D eigenvalue weighted by Gasteiger charge is -2.20. The lowest BCUT2D eigenvalue weighted by Crippen LogP contribution is -2.10. The maximum absolute atomic E-state index is 12.2. The van der Waals surface area contributed by atoms with Gasteiger partial charge < -0.3 is 9.05 Å². The summed E-state index contributed by atoms with van der Waals surface area (Å²) < 4.78 is 22.5. The Labute approximate surface area is 172 Å². The summed E-state index contributed by atoms with van der Waals surface area (Å²) in [7, 11) is -4.25. The molecule has 0 atom stereocenters. The maximum Gasteiger partial charge on any atom is 0.584 e. The predicted molar refractivity (Wildman–Crippen MR) is 110 cm³/mol. The van der Waals surface area contributed by atoms with Gasteiger partial charge in [0, 0.05) is 0 Å². The van der Waals surface area contributed by atoms with Gasteiger partial charge in [0.2, 0.25) is 0 Å². The van der Waals surface area contributed by atoms with Crippen LogP contribution in [0.4, 0.5) is 0 Å². The number of phosphoric ester groups is 1. The highest BCUT2D eigenvalue weighted by Crippen LogP contribution is 2.44. The summed E-state index contributed by atoms with van der Waals surface area (Å²) in [5.74, 6) is 0.593. The summed E-state index contributed by atoms with van der Waals surface area (Å²) in [4.78, 5) is 9.99. The normalized spacial score (nSPS) is 12.3. The van der Waals surface area contributed by atoms with Crippen LogP contribution in [0.3, 0.4) is 0 Å². The molecule has 0 bridgehead atoms. The molecule has 0 fully saturated rings. The van der Waals surface area contributed by atoms with Gasteiger partial charge in [-0.3, -0.25) is 4.89 Å². The maximum atomic E-state index is 12.2. The summed E-state index contributed by atoms with van der Waals surface area (Å²) in [6, 6.07) is 14.2. The van der Waals surface area contributed by atoms with Crippen LogP contribution in [0.1, 0.15) is 52.7 Å². The molecule has 26 heavy (non-hydrogen) atoms. The Balaban J connectivity index is 0.00000338. The lowest BCUT2D eigenvalue weighted by molar-refractivity contribution is 0.291. The molecule has 1 N–H and O–H groups in total. The van der Waals surface area contributed by atoms with Crippen molar-refractivity contribution in [2.75, 3.05) is 0 Å². The van der Waals surface area contributed by atoms with Crippen LogP contribution >= 0.6 is 7.82 Å². The topological polar surface area (TPSA) is 55.8 Å². The molecule has 0 unspecified atom stereocenters. The molecule has 0 aliphatic heterocycles. The third-order valence-corrected chi connectivity index (χ3v) is 4.77. The van der Waals surface area contributed by atoms with Crippen molar-refractivity contribution in [3.05, 3.63) is 59.7 Å². The van der Waals surface area contributed by atoms with Gasteiger partial charge in [0.1, 0.15) is 11.5 Å². The van der Waals surface area contributed by atoms with E-state index in [1.807, 2.05) is 24.3 Å². The van der Waals surface area contributed by atoms with Crippen LogP contribution in [0.5, 0.6) is 11.5 Å². The second kappa shape index (κ2) is 8.34. The Hall–Kier alpha value is -1.00. The fraction of sp³-hybridized carbons (Fsp3) is 0.400. The number of hydrogen-bond acceptors (Lipinski definition) is 3. The SMILES string of the molecule is CC(C)(C)c1ccc(OP(=O)(O)Oc2ccc(C(C)(C)C)cc2)cc1.[MgH2]. The minimum Gasteiger partial charge on any atom is -0.395 e. The second-order valence-electron chi connectivity index (χ2n) is 8.20. The van der Waals surface area contributed by atoms with E-state index >= 15 is 0 Å². The van der Waals surface area contributed by atoms with Gasteiger partial charge in [-0.15, -0.1) is 0 Å². The first-order valence-corrected chi connectivity index (χ1v) is 9.79. The van der Waals surface area contributed by atoms with Crippen molar-refractivity contribution in [3.8, 4) is 11.5 Å². The minimum absolute atomic E-state index is 0. The van der Waals surface area contributed by atoms with Crippen molar-refractivity contribution in [1.82, 2.24) is 0 Å². The molecule has 0 radical (unpaired) electrons. The predicted octanol–water partition coefficient (Wildman–Crippen LogP) is 4.92. The van der Waals surface area contributed by atoms with Gasteiger partial charge in [-0.2, -0.15) is 0 Å². The van der Waals surface area contributed by atoms with Crippen LogP contribution in [0.15, 0.2) is 48.5 Å². The highest BCUT2D eigenvalue weighted by Gasteiger charge is 2.26. The molecule has 2 rings (SSSR count). The van der Waals surface area contributed by atoms with Gasteiger partial charge in [0.25, 0.3) is 0 Å². The number of benzene rings is 2. The van der Waals surface area contributed by atoms with Crippen molar-refractivity contribution in [1.29, 1.82) is 0 Å². The molecular weight excluding hydrogens is 359 g/mol. The van der Waals surface area contributed by atoms with E-state index in [1.54, 1.807) is 24.3 Å². The minimum atomic E-state index is -4.25. The van der Waals surface area contributed by atoms with E-state index in [4.69, 9.17) is 9.05 Å². The molecule has 0 heterocycles. The van der Waals surface area contributed by atoms with Crippen molar-refractivity contribution in [2.45, 2.75) is 52.4 Å². The molecule has 6 heteroatoms. The van der Waals surface area contributed by atoms with E-state index in [1.165, 1.54) is 0 Å². The zero-order chi connectivity index (χ0) is 18.9. The fourth-order valence-corrected chi connectivity index (χ4v) is 3.13. The Kier molecular flexibility index (Phi) is 7.39. The first kappa shape index (κ1) is 23.0. The third-order valence-electron chi connectivity index (χ3n) is 3.88. The van der Waals surface area contributed by atoms with Crippen molar-refractivity contribution in [2.24, 2.45) is 0 Å². The number of rotatable bonds is 4. The molecule has 0 spiro atoms. The van der Waals surface area contributed by atoms with Gasteiger partial charge in [-0.25, -0.2) is 4.57 Å². The van der Waals surface area contributed by atoms with Crippen LogP contribution in [0.2, 0.25) is 0 Å². The Morgan fingerprint density at radius 3 is 1.19 bits per heavy atom. The van der Waals surface area contributed by atoms with Crippen molar-refractivity contribution >= 4 is 30.9 Å².